The third-order valence-corrected chi connectivity index (χ3v) is 4.66. The van der Waals surface area contributed by atoms with Gasteiger partial charge in [-0.1, -0.05) is 13.8 Å². The van der Waals surface area contributed by atoms with Gasteiger partial charge in [0, 0.05) is 30.4 Å². The summed E-state index contributed by atoms with van der Waals surface area (Å²) in [6, 6.07) is 5.69. The number of nitrogens with zero attached hydrogens (tertiary/aromatic N) is 1. The molecule has 0 radical (unpaired) electrons. The van der Waals surface area contributed by atoms with Gasteiger partial charge in [0.15, 0.2) is 0 Å². The van der Waals surface area contributed by atoms with Crippen molar-refractivity contribution in [2.24, 2.45) is 11.8 Å². The molecule has 1 fully saturated rings. The minimum Gasteiger partial charge on any atom is -0.338 e. The number of carbonyl (C=O) groups excluding carboxylic acids is 2. The molecule has 1 heterocycles. The number of aryl methyl sites for hydroxylation is 1. The van der Waals surface area contributed by atoms with E-state index in [4.69, 9.17) is 0 Å². The first-order valence-corrected chi connectivity index (χ1v) is 9.03. The van der Waals surface area contributed by atoms with Crippen LogP contribution in [0.1, 0.15) is 45.1 Å². The van der Waals surface area contributed by atoms with Crippen molar-refractivity contribution < 1.29 is 9.59 Å². The van der Waals surface area contributed by atoms with Crippen molar-refractivity contribution in [1.29, 1.82) is 0 Å². The highest BCUT2D eigenvalue weighted by Gasteiger charge is 2.35. The lowest BCUT2D eigenvalue weighted by Gasteiger charge is -2.30. The second-order valence-corrected chi connectivity index (χ2v) is 7.27. The molecule has 3 rings (SSSR count). The van der Waals surface area contributed by atoms with Gasteiger partial charge in [-0.3, -0.25) is 4.79 Å². The van der Waals surface area contributed by atoms with Gasteiger partial charge in [0.05, 0.1) is 0 Å². The third kappa shape index (κ3) is 4.08. The molecule has 2 N–H and O–H groups in total. The molecule has 1 aromatic carbocycles. The van der Waals surface area contributed by atoms with E-state index in [1.165, 1.54) is 0 Å². The molecular formula is C19H27N3O2. The van der Waals surface area contributed by atoms with Crippen molar-refractivity contribution >= 4 is 23.3 Å². The highest BCUT2D eigenvalue weighted by Crippen LogP contribution is 2.36. The first kappa shape index (κ1) is 16.8. The second-order valence-electron chi connectivity index (χ2n) is 7.27. The van der Waals surface area contributed by atoms with Gasteiger partial charge in [0.2, 0.25) is 5.91 Å². The third-order valence-electron chi connectivity index (χ3n) is 4.66. The summed E-state index contributed by atoms with van der Waals surface area (Å²) in [6.45, 7) is 5.76. The predicted molar refractivity (Wildman–Crippen MR) is 96.3 cm³/mol. The van der Waals surface area contributed by atoms with E-state index in [1.54, 1.807) is 0 Å². The van der Waals surface area contributed by atoms with Crippen molar-refractivity contribution in [1.82, 2.24) is 5.32 Å². The lowest BCUT2D eigenvalue weighted by molar-refractivity contribution is -0.119. The average molecular weight is 329 g/mol. The van der Waals surface area contributed by atoms with Crippen molar-refractivity contribution in [3.63, 3.8) is 0 Å². The SMILES string of the molecule is CC(C)CCNC(=O)Nc1ccc2c(c1)CCCN2C(=O)C1CC1. The minimum atomic E-state index is -0.169. The molecule has 130 valence electrons. The molecule has 1 aliphatic carbocycles. The molecule has 1 aromatic rings. The van der Waals surface area contributed by atoms with Crippen LogP contribution in [-0.4, -0.2) is 25.0 Å². The molecule has 0 spiro atoms. The van der Waals surface area contributed by atoms with Crippen molar-refractivity contribution in [3.05, 3.63) is 23.8 Å². The Bertz CT molecular complexity index is 623. The number of fused-ring (bicyclic) bond motifs is 1. The molecule has 1 saturated carbocycles. The standard InChI is InChI=1S/C19H27N3O2/c1-13(2)9-10-20-19(24)21-16-7-8-17-15(12-16)4-3-11-22(17)18(23)14-5-6-14/h7-8,12-14H,3-6,9-11H2,1-2H3,(H2,20,21,24). The summed E-state index contributed by atoms with van der Waals surface area (Å²) in [5, 5.41) is 5.77. The molecule has 24 heavy (non-hydrogen) atoms. The van der Waals surface area contributed by atoms with E-state index in [1.807, 2.05) is 23.1 Å². The smallest absolute Gasteiger partial charge is 0.319 e. The van der Waals surface area contributed by atoms with E-state index in [9.17, 15) is 9.59 Å². The molecule has 5 heteroatoms. The van der Waals surface area contributed by atoms with Crippen molar-refractivity contribution in [2.75, 3.05) is 23.3 Å². The van der Waals surface area contributed by atoms with Crippen LogP contribution in [0.2, 0.25) is 0 Å². The summed E-state index contributed by atoms with van der Waals surface area (Å²) in [5.74, 6) is 1.08. The van der Waals surface area contributed by atoms with Gasteiger partial charge in [0.1, 0.15) is 0 Å². The minimum absolute atomic E-state index is 0.169. The zero-order valence-corrected chi connectivity index (χ0v) is 14.6. The quantitative estimate of drug-likeness (QED) is 0.868. The fourth-order valence-corrected chi connectivity index (χ4v) is 3.10. The summed E-state index contributed by atoms with van der Waals surface area (Å²) in [4.78, 5) is 26.3. The number of amides is 3. The predicted octanol–water partition coefficient (Wildman–Crippen LogP) is 3.54. The lowest BCUT2D eigenvalue weighted by atomic mass is 10.0. The maximum atomic E-state index is 12.4. The number of hydrogen-bond acceptors (Lipinski definition) is 2. The molecule has 0 atom stereocenters. The lowest BCUT2D eigenvalue weighted by Crippen LogP contribution is -2.36. The molecule has 3 amide bonds. The summed E-state index contributed by atoms with van der Waals surface area (Å²) < 4.78 is 0. The second kappa shape index (κ2) is 7.24. The normalized spacial score (nSPS) is 16.7. The van der Waals surface area contributed by atoms with Crippen LogP contribution in [0.4, 0.5) is 16.2 Å². The van der Waals surface area contributed by atoms with Gasteiger partial charge < -0.3 is 15.5 Å². The van der Waals surface area contributed by atoms with E-state index < -0.39 is 0 Å². The number of carbonyl (C=O) groups is 2. The zero-order chi connectivity index (χ0) is 17.1. The number of hydrogen-bond donors (Lipinski definition) is 2. The number of nitrogens with one attached hydrogen (secondary N) is 2. The topological polar surface area (TPSA) is 61.4 Å². The molecule has 5 nitrogen and oxygen atoms in total. The van der Waals surface area contributed by atoms with Crippen LogP contribution in [0.25, 0.3) is 0 Å². The van der Waals surface area contributed by atoms with E-state index in [0.717, 1.165) is 55.6 Å². The van der Waals surface area contributed by atoms with E-state index >= 15 is 0 Å². The van der Waals surface area contributed by atoms with E-state index in [0.29, 0.717) is 12.5 Å². The van der Waals surface area contributed by atoms with Crippen LogP contribution >= 0.6 is 0 Å². The van der Waals surface area contributed by atoms with Gasteiger partial charge in [0.25, 0.3) is 0 Å². The molecule has 0 saturated heterocycles. The monoisotopic (exact) mass is 329 g/mol. The van der Waals surface area contributed by atoms with Crippen molar-refractivity contribution in [3.8, 4) is 0 Å². The Hall–Kier alpha value is -2.04. The first-order chi connectivity index (χ1) is 11.5. The highest BCUT2D eigenvalue weighted by molar-refractivity contribution is 5.98. The summed E-state index contributed by atoms with van der Waals surface area (Å²) in [7, 11) is 0. The van der Waals surface area contributed by atoms with Gasteiger partial charge in [-0.25, -0.2) is 4.79 Å². The van der Waals surface area contributed by atoms with Crippen LogP contribution in [0.15, 0.2) is 18.2 Å². The number of anilines is 2. The Morgan fingerprint density at radius 1 is 1.29 bits per heavy atom. The Morgan fingerprint density at radius 2 is 2.08 bits per heavy atom. The summed E-state index contributed by atoms with van der Waals surface area (Å²) in [6.07, 6.45) is 4.96. The van der Waals surface area contributed by atoms with Gasteiger partial charge in [-0.15, -0.1) is 0 Å². The maximum absolute atomic E-state index is 12.4. The Labute approximate surface area is 143 Å². The highest BCUT2D eigenvalue weighted by atomic mass is 16.2. The zero-order valence-electron chi connectivity index (χ0n) is 14.6. The van der Waals surface area contributed by atoms with Gasteiger partial charge >= 0.3 is 6.03 Å². The Balaban J connectivity index is 1.63. The number of urea groups is 1. The summed E-state index contributed by atoms with van der Waals surface area (Å²) in [5.41, 5.74) is 2.95. The molecule has 0 unspecified atom stereocenters. The summed E-state index contributed by atoms with van der Waals surface area (Å²) >= 11 is 0. The molecule has 0 bridgehead atoms. The average Bonchev–Trinajstić information content (AvgIpc) is 3.38. The van der Waals surface area contributed by atoms with Gasteiger partial charge in [-0.05, 0) is 61.8 Å². The Morgan fingerprint density at radius 3 is 2.79 bits per heavy atom. The van der Waals surface area contributed by atoms with E-state index in [-0.39, 0.29) is 17.9 Å². The van der Waals surface area contributed by atoms with Crippen LogP contribution in [0.3, 0.4) is 0 Å². The van der Waals surface area contributed by atoms with E-state index in [2.05, 4.69) is 24.5 Å². The van der Waals surface area contributed by atoms with Crippen molar-refractivity contribution in [2.45, 2.75) is 46.0 Å². The fraction of sp³-hybridized carbons (Fsp3) is 0.579. The number of rotatable bonds is 5. The molecule has 1 aliphatic heterocycles. The molecule has 2 aliphatic rings. The van der Waals surface area contributed by atoms with Crippen LogP contribution in [-0.2, 0) is 11.2 Å². The van der Waals surface area contributed by atoms with Crippen LogP contribution < -0.4 is 15.5 Å². The van der Waals surface area contributed by atoms with Gasteiger partial charge in [-0.2, -0.15) is 0 Å². The number of benzene rings is 1. The fourth-order valence-electron chi connectivity index (χ4n) is 3.10. The maximum Gasteiger partial charge on any atom is 0.319 e. The molecule has 0 aromatic heterocycles. The Kier molecular flexibility index (Phi) is 5.07. The van der Waals surface area contributed by atoms with Crippen LogP contribution in [0.5, 0.6) is 0 Å². The van der Waals surface area contributed by atoms with Crippen LogP contribution in [0, 0.1) is 11.8 Å². The largest absolute Gasteiger partial charge is 0.338 e. The molecular weight excluding hydrogens is 302 g/mol. The first-order valence-electron chi connectivity index (χ1n) is 9.03.